The Labute approximate surface area is 129 Å². The highest BCUT2D eigenvalue weighted by molar-refractivity contribution is 5.67. The molecule has 0 radical (unpaired) electrons. The zero-order chi connectivity index (χ0) is 15.7. The molecule has 7 heteroatoms. The number of aliphatic carboxylic acids is 1. The van der Waals surface area contributed by atoms with Crippen LogP contribution < -0.4 is 11.1 Å². The Hall–Kier alpha value is -1.89. The Bertz CT molecular complexity index is 569. The van der Waals surface area contributed by atoms with Gasteiger partial charge >= 0.3 is 5.97 Å². The van der Waals surface area contributed by atoms with Crippen molar-refractivity contribution in [2.75, 3.05) is 30.7 Å². The number of aromatic nitrogens is 2. The third-order valence-corrected chi connectivity index (χ3v) is 4.80. The second kappa shape index (κ2) is 6.08. The summed E-state index contributed by atoms with van der Waals surface area (Å²) in [6, 6.07) is 0.361. The number of hydrogen-bond acceptors (Lipinski definition) is 6. The summed E-state index contributed by atoms with van der Waals surface area (Å²) in [6.07, 6.45) is 2.91. The molecule has 1 atom stereocenters. The van der Waals surface area contributed by atoms with E-state index in [1.54, 1.807) is 0 Å². The average molecular weight is 305 g/mol. The van der Waals surface area contributed by atoms with Crippen LogP contribution in [0.3, 0.4) is 0 Å². The number of carboxylic acid groups (broad SMARTS) is 1. The highest BCUT2D eigenvalue weighted by Gasteiger charge is 2.34. The standard InChI is InChI=1S/C15H23N5O2/c1-9-11(2-3-13(21)22)14(19-15(16)17-9)18-12-8-20-6-4-10(12)5-7-20/h10,12H,2-8H2,1H3,(H,21,22)(H3,16,17,18,19)/t12-/m0/s1. The van der Waals surface area contributed by atoms with Gasteiger partial charge in [0.1, 0.15) is 5.82 Å². The Morgan fingerprint density at radius 2 is 2.14 bits per heavy atom. The van der Waals surface area contributed by atoms with Gasteiger partial charge in [-0.15, -0.1) is 0 Å². The van der Waals surface area contributed by atoms with Crippen molar-refractivity contribution in [1.29, 1.82) is 0 Å². The maximum Gasteiger partial charge on any atom is 0.303 e. The molecule has 4 N–H and O–H groups in total. The van der Waals surface area contributed by atoms with Crippen LogP contribution in [0.4, 0.5) is 11.8 Å². The lowest BCUT2D eigenvalue weighted by molar-refractivity contribution is -0.136. The molecule has 3 fully saturated rings. The highest BCUT2D eigenvalue weighted by atomic mass is 16.4. The molecule has 0 aromatic carbocycles. The van der Waals surface area contributed by atoms with Crippen molar-refractivity contribution in [3.8, 4) is 0 Å². The van der Waals surface area contributed by atoms with Crippen LogP contribution >= 0.6 is 0 Å². The summed E-state index contributed by atoms with van der Waals surface area (Å²) < 4.78 is 0. The fraction of sp³-hybridized carbons (Fsp3) is 0.667. The minimum absolute atomic E-state index is 0.0724. The number of carbonyl (C=O) groups is 1. The van der Waals surface area contributed by atoms with Gasteiger partial charge < -0.3 is 21.1 Å². The van der Waals surface area contributed by atoms with Gasteiger partial charge in [-0.05, 0) is 45.2 Å². The molecule has 3 aliphatic rings. The topological polar surface area (TPSA) is 104 Å². The summed E-state index contributed by atoms with van der Waals surface area (Å²) in [7, 11) is 0. The molecule has 0 saturated carbocycles. The Kier molecular flexibility index (Phi) is 4.15. The van der Waals surface area contributed by atoms with Crippen molar-refractivity contribution in [3.63, 3.8) is 0 Å². The number of nitrogen functional groups attached to an aromatic ring is 1. The van der Waals surface area contributed by atoms with E-state index in [2.05, 4.69) is 20.2 Å². The predicted molar refractivity (Wildman–Crippen MR) is 83.7 cm³/mol. The van der Waals surface area contributed by atoms with Gasteiger partial charge in [0.25, 0.3) is 0 Å². The predicted octanol–water partition coefficient (Wildman–Crippen LogP) is 0.891. The summed E-state index contributed by atoms with van der Waals surface area (Å²) in [5.74, 6) is 0.796. The van der Waals surface area contributed by atoms with Crippen LogP contribution in [0.1, 0.15) is 30.5 Å². The third kappa shape index (κ3) is 3.14. The highest BCUT2D eigenvalue weighted by Crippen LogP contribution is 2.30. The van der Waals surface area contributed by atoms with Crippen molar-refractivity contribution in [1.82, 2.24) is 14.9 Å². The summed E-state index contributed by atoms with van der Waals surface area (Å²) >= 11 is 0. The lowest BCUT2D eigenvalue weighted by Gasteiger charge is -2.45. The van der Waals surface area contributed by atoms with Gasteiger partial charge in [0.05, 0.1) is 0 Å². The number of carboxylic acids is 1. The minimum Gasteiger partial charge on any atom is -0.481 e. The Morgan fingerprint density at radius 1 is 1.41 bits per heavy atom. The second-order valence-electron chi connectivity index (χ2n) is 6.28. The summed E-state index contributed by atoms with van der Waals surface area (Å²) in [5, 5.41) is 12.4. The van der Waals surface area contributed by atoms with Crippen LogP contribution in [0.15, 0.2) is 0 Å². The zero-order valence-electron chi connectivity index (χ0n) is 12.9. The van der Waals surface area contributed by atoms with E-state index in [9.17, 15) is 4.79 Å². The second-order valence-corrected chi connectivity index (χ2v) is 6.28. The van der Waals surface area contributed by atoms with E-state index < -0.39 is 5.97 Å². The average Bonchev–Trinajstić information content (AvgIpc) is 2.47. The van der Waals surface area contributed by atoms with Gasteiger partial charge in [-0.2, -0.15) is 4.98 Å². The van der Waals surface area contributed by atoms with E-state index >= 15 is 0 Å². The van der Waals surface area contributed by atoms with E-state index in [-0.39, 0.29) is 12.4 Å². The molecule has 0 unspecified atom stereocenters. The first-order valence-electron chi connectivity index (χ1n) is 7.86. The number of piperidine rings is 3. The zero-order valence-corrected chi connectivity index (χ0v) is 12.9. The quantitative estimate of drug-likeness (QED) is 0.742. The van der Waals surface area contributed by atoms with Crippen LogP contribution in [0.5, 0.6) is 0 Å². The van der Waals surface area contributed by atoms with Gasteiger partial charge in [0.15, 0.2) is 0 Å². The molecule has 3 saturated heterocycles. The SMILES string of the molecule is Cc1nc(N)nc(N[C@H]2CN3CCC2CC3)c1CCC(=O)O. The summed E-state index contributed by atoms with van der Waals surface area (Å²) in [4.78, 5) is 21.8. The summed E-state index contributed by atoms with van der Waals surface area (Å²) in [6.45, 7) is 5.24. The molecule has 4 rings (SSSR count). The monoisotopic (exact) mass is 305 g/mol. The van der Waals surface area contributed by atoms with Crippen LogP contribution in [0, 0.1) is 12.8 Å². The van der Waals surface area contributed by atoms with Crippen molar-refractivity contribution in [2.45, 2.75) is 38.6 Å². The molecule has 0 spiro atoms. The molecule has 4 heterocycles. The number of anilines is 2. The number of aryl methyl sites for hydroxylation is 1. The smallest absolute Gasteiger partial charge is 0.303 e. The van der Waals surface area contributed by atoms with E-state index in [4.69, 9.17) is 10.8 Å². The first-order valence-corrected chi connectivity index (χ1v) is 7.86. The van der Waals surface area contributed by atoms with Crippen LogP contribution in [-0.2, 0) is 11.2 Å². The third-order valence-electron chi connectivity index (χ3n) is 4.80. The van der Waals surface area contributed by atoms with Crippen LogP contribution in [0.2, 0.25) is 0 Å². The maximum atomic E-state index is 10.9. The van der Waals surface area contributed by atoms with Crippen molar-refractivity contribution < 1.29 is 9.90 Å². The molecule has 2 bridgehead atoms. The number of nitrogens with zero attached hydrogens (tertiary/aromatic N) is 3. The molecule has 0 amide bonds. The Balaban J connectivity index is 1.80. The van der Waals surface area contributed by atoms with Crippen LogP contribution in [-0.4, -0.2) is 51.6 Å². The van der Waals surface area contributed by atoms with Crippen molar-refractivity contribution >= 4 is 17.7 Å². The fourth-order valence-electron chi connectivity index (χ4n) is 3.57. The molecule has 1 aromatic rings. The molecule has 22 heavy (non-hydrogen) atoms. The lowest BCUT2D eigenvalue weighted by atomic mass is 9.84. The minimum atomic E-state index is -0.815. The number of nitrogens with one attached hydrogen (secondary N) is 1. The fourth-order valence-corrected chi connectivity index (χ4v) is 3.57. The van der Waals surface area contributed by atoms with Crippen LogP contribution in [0.25, 0.3) is 0 Å². The molecule has 3 aliphatic heterocycles. The first-order chi connectivity index (χ1) is 10.5. The van der Waals surface area contributed by atoms with Gasteiger partial charge in [0.2, 0.25) is 5.95 Å². The lowest BCUT2D eigenvalue weighted by Crippen LogP contribution is -2.53. The normalized spacial score (nSPS) is 26.9. The Morgan fingerprint density at radius 3 is 2.73 bits per heavy atom. The van der Waals surface area contributed by atoms with Crippen molar-refractivity contribution in [2.24, 2.45) is 5.92 Å². The number of hydrogen-bond donors (Lipinski definition) is 3. The molecule has 1 aromatic heterocycles. The summed E-state index contributed by atoms with van der Waals surface area (Å²) in [5.41, 5.74) is 7.41. The van der Waals surface area contributed by atoms with Gasteiger partial charge in [-0.1, -0.05) is 0 Å². The number of rotatable bonds is 5. The van der Waals surface area contributed by atoms with E-state index in [0.717, 1.165) is 17.8 Å². The van der Waals surface area contributed by atoms with Gasteiger partial charge in [-0.3, -0.25) is 4.79 Å². The van der Waals surface area contributed by atoms with Gasteiger partial charge in [0, 0.05) is 30.3 Å². The number of nitrogens with two attached hydrogens (primary N) is 1. The largest absolute Gasteiger partial charge is 0.481 e. The molecular weight excluding hydrogens is 282 g/mol. The van der Waals surface area contributed by atoms with E-state index in [1.165, 1.54) is 25.9 Å². The van der Waals surface area contributed by atoms with Crippen molar-refractivity contribution in [3.05, 3.63) is 11.3 Å². The van der Waals surface area contributed by atoms with E-state index in [0.29, 0.717) is 24.2 Å². The first kappa shape index (κ1) is 15.0. The molecule has 0 aliphatic carbocycles. The van der Waals surface area contributed by atoms with E-state index in [1.807, 2.05) is 6.92 Å². The number of fused-ring (bicyclic) bond motifs is 3. The molecule has 120 valence electrons. The maximum absolute atomic E-state index is 10.9. The molecule has 7 nitrogen and oxygen atoms in total. The van der Waals surface area contributed by atoms with Gasteiger partial charge in [-0.25, -0.2) is 4.98 Å². The molecular formula is C15H23N5O2.